The van der Waals surface area contributed by atoms with Crippen LogP contribution in [0.3, 0.4) is 0 Å². The Kier molecular flexibility index (Phi) is 5.19. The van der Waals surface area contributed by atoms with E-state index in [1.165, 1.54) is 18.2 Å². The number of hydrogen-bond acceptors (Lipinski definition) is 5. The Morgan fingerprint density at radius 3 is 2.61 bits per heavy atom. The summed E-state index contributed by atoms with van der Waals surface area (Å²) in [5, 5.41) is 18.3. The van der Waals surface area contributed by atoms with Crippen molar-refractivity contribution in [1.82, 2.24) is 15.0 Å². The topological polar surface area (TPSA) is 94.0 Å². The highest BCUT2D eigenvalue weighted by atomic mass is 19.4. The summed E-state index contributed by atoms with van der Waals surface area (Å²) in [5.74, 6) is -0.397. The second-order valence-corrected chi connectivity index (χ2v) is 6.27. The van der Waals surface area contributed by atoms with Crippen LogP contribution in [0.15, 0.2) is 49.1 Å². The first-order chi connectivity index (χ1) is 13.2. The second kappa shape index (κ2) is 7.43. The lowest BCUT2D eigenvalue weighted by Crippen LogP contribution is -2.29. The highest BCUT2D eigenvalue weighted by molar-refractivity contribution is 5.93. The van der Waals surface area contributed by atoms with Gasteiger partial charge in [-0.2, -0.15) is 13.2 Å². The number of aromatic hydroxyl groups is 1. The summed E-state index contributed by atoms with van der Waals surface area (Å²) >= 11 is 0. The molecule has 0 aliphatic carbocycles. The maximum atomic E-state index is 12.9. The van der Waals surface area contributed by atoms with Crippen molar-refractivity contribution in [3.63, 3.8) is 0 Å². The minimum Gasteiger partial charge on any atom is -0.506 e. The average molecular weight is 390 g/mol. The number of benzene rings is 2. The van der Waals surface area contributed by atoms with E-state index in [0.717, 1.165) is 22.5 Å². The van der Waals surface area contributed by atoms with Crippen LogP contribution in [0.4, 0.5) is 13.2 Å². The first-order valence-corrected chi connectivity index (χ1v) is 8.37. The smallest absolute Gasteiger partial charge is 0.416 e. The normalized spacial score (nSPS) is 12.9. The molecular formula is C19H17F3N4O2. The monoisotopic (exact) mass is 390 g/mol. The predicted octanol–water partition coefficient (Wildman–Crippen LogP) is 3.16. The molecule has 9 heteroatoms. The summed E-state index contributed by atoms with van der Waals surface area (Å²) in [6.45, 7) is 3.39. The van der Waals surface area contributed by atoms with Crippen molar-refractivity contribution in [2.45, 2.75) is 25.1 Å². The molecule has 3 rings (SSSR count). The number of aromatic nitrogens is 3. The summed E-state index contributed by atoms with van der Waals surface area (Å²) in [7, 11) is 0. The molecule has 146 valence electrons. The zero-order chi connectivity index (χ0) is 20.5. The van der Waals surface area contributed by atoms with Crippen molar-refractivity contribution in [2.75, 3.05) is 0 Å². The minimum atomic E-state index is -4.48. The summed E-state index contributed by atoms with van der Waals surface area (Å²) in [6, 6.07) is 7.07. The van der Waals surface area contributed by atoms with Crippen molar-refractivity contribution in [3.8, 4) is 11.4 Å². The van der Waals surface area contributed by atoms with Gasteiger partial charge in [0.2, 0.25) is 0 Å². The number of aryl methyl sites for hydroxylation is 1. The zero-order valence-electron chi connectivity index (χ0n) is 14.6. The molecule has 1 atom stereocenters. The van der Waals surface area contributed by atoms with Crippen LogP contribution in [0.2, 0.25) is 0 Å². The largest absolute Gasteiger partial charge is 0.506 e. The highest BCUT2D eigenvalue weighted by Crippen LogP contribution is 2.31. The Labute approximate surface area is 158 Å². The molecule has 0 aliphatic rings. The SMILES string of the molecule is C=CC(=O)C(N)CCc1ccc(O)c(-n2nc3ccc(C(F)(F)F)cc3n2)c1. The molecule has 3 N–H and O–H groups in total. The van der Waals surface area contributed by atoms with Gasteiger partial charge >= 0.3 is 6.18 Å². The van der Waals surface area contributed by atoms with Crippen LogP contribution < -0.4 is 5.73 Å². The summed E-state index contributed by atoms with van der Waals surface area (Å²) in [6.07, 6.45) is -2.49. The van der Waals surface area contributed by atoms with Gasteiger partial charge in [-0.15, -0.1) is 15.0 Å². The summed E-state index contributed by atoms with van der Waals surface area (Å²) in [4.78, 5) is 12.6. The van der Waals surface area contributed by atoms with Crippen molar-refractivity contribution in [3.05, 3.63) is 60.2 Å². The van der Waals surface area contributed by atoms with Crippen molar-refractivity contribution < 1.29 is 23.1 Å². The van der Waals surface area contributed by atoms with Gasteiger partial charge in [-0.05, 0) is 54.8 Å². The standard InChI is InChI=1S/C19H17F3N4O2/c1-2-17(27)13(23)6-3-11-4-8-18(28)16(9-11)26-24-14-7-5-12(19(20,21)22)10-15(14)25-26/h2,4-5,7-10,13,28H,1,3,6,23H2. The minimum absolute atomic E-state index is 0.0539. The number of ketones is 1. The van der Waals surface area contributed by atoms with E-state index in [4.69, 9.17) is 5.73 Å². The molecule has 0 radical (unpaired) electrons. The summed E-state index contributed by atoms with van der Waals surface area (Å²) in [5.41, 5.74) is 6.22. The number of carbonyl (C=O) groups excluding carboxylic acids is 1. The molecule has 1 heterocycles. The molecule has 0 bridgehead atoms. The van der Waals surface area contributed by atoms with Crippen LogP contribution >= 0.6 is 0 Å². The van der Waals surface area contributed by atoms with Gasteiger partial charge in [0.15, 0.2) is 5.78 Å². The molecule has 2 aromatic carbocycles. The van der Waals surface area contributed by atoms with E-state index in [0.29, 0.717) is 12.8 Å². The molecule has 0 saturated carbocycles. The van der Waals surface area contributed by atoms with Gasteiger partial charge in [0, 0.05) is 0 Å². The van der Waals surface area contributed by atoms with Gasteiger partial charge in [-0.25, -0.2) is 0 Å². The molecule has 3 aromatic rings. The number of nitrogens with zero attached hydrogens (tertiary/aromatic N) is 3. The molecule has 0 spiro atoms. The molecule has 0 saturated heterocycles. The maximum absolute atomic E-state index is 12.9. The van der Waals surface area contributed by atoms with Gasteiger partial charge in [-0.1, -0.05) is 12.6 Å². The Bertz CT molecular complexity index is 1040. The van der Waals surface area contributed by atoms with Gasteiger partial charge < -0.3 is 10.8 Å². The van der Waals surface area contributed by atoms with Gasteiger partial charge in [0.05, 0.1) is 11.6 Å². The van der Waals surface area contributed by atoms with E-state index < -0.39 is 17.8 Å². The lowest BCUT2D eigenvalue weighted by atomic mass is 10.0. The first-order valence-electron chi connectivity index (χ1n) is 8.37. The molecule has 0 aliphatic heterocycles. The fraction of sp³-hybridized carbons (Fsp3) is 0.211. The van der Waals surface area contributed by atoms with Gasteiger partial charge in [-0.3, -0.25) is 4.79 Å². The third kappa shape index (κ3) is 4.04. The Hall–Kier alpha value is -3.20. The number of phenols is 1. The number of fused-ring (bicyclic) bond motifs is 1. The van der Waals surface area contributed by atoms with E-state index >= 15 is 0 Å². The van der Waals surface area contributed by atoms with Crippen LogP contribution in [0.25, 0.3) is 16.7 Å². The number of alkyl halides is 3. The average Bonchev–Trinajstić information content (AvgIpc) is 3.08. The van der Waals surface area contributed by atoms with Crippen molar-refractivity contribution >= 4 is 16.8 Å². The second-order valence-electron chi connectivity index (χ2n) is 6.27. The number of carbonyl (C=O) groups is 1. The van der Waals surface area contributed by atoms with Crippen LogP contribution in [0.5, 0.6) is 5.75 Å². The number of rotatable bonds is 6. The number of nitrogens with two attached hydrogens (primary N) is 1. The van der Waals surface area contributed by atoms with Crippen molar-refractivity contribution in [1.29, 1.82) is 0 Å². The molecule has 1 unspecified atom stereocenters. The Balaban J connectivity index is 1.90. The van der Waals surface area contributed by atoms with Gasteiger partial charge in [0.25, 0.3) is 0 Å². The fourth-order valence-electron chi connectivity index (χ4n) is 2.70. The van der Waals surface area contributed by atoms with E-state index in [2.05, 4.69) is 16.8 Å². The van der Waals surface area contributed by atoms with Gasteiger partial charge in [0.1, 0.15) is 22.5 Å². The fourth-order valence-corrected chi connectivity index (χ4v) is 2.70. The van der Waals surface area contributed by atoms with Crippen LogP contribution in [0, 0.1) is 0 Å². The van der Waals surface area contributed by atoms with Crippen LogP contribution in [0.1, 0.15) is 17.5 Å². The molecule has 28 heavy (non-hydrogen) atoms. The number of halogens is 3. The quantitative estimate of drug-likeness (QED) is 0.631. The molecular weight excluding hydrogens is 373 g/mol. The Morgan fingerprint density at radius 1 is 1.21 bits per heavy atom. The van der Waals surface area contributed by atoms with Crippen molar-refractivity contribution in [2.24, 2.45) is 5.73 Å². The first kappa shape index (κ1) is 19.6. The number of hydrogen-bond donors (Lipinski definition) is 2. The van der Waals surface area contributed by atoms with Crippen LogP contribution in [-0.4, -0.2) is 31.9 Å². The molecule has 0 fully saturated rings. The third-order valence-electron chi connectivity index (χ3n) is 4.27. The van der Waals surface area contributed by atoms with E-state index in [1.807, 2.05) is 0 Å². The maximum Gasteiger partial charge on any atom is 0.416 e. The highest BCUT2D eigenvalue weighted by Gasteiger charge is 2.31. The van der Waals surface area contributed by atoms with E-state index in [-0.39, 0.29) is 28.3 Å². The molecule has 0 amide bonds. The molecule has 1 aromatic heterocycles. The lowest BCUT2D eigenvalue weighted by molar-refractivity contribution is -0.137. The third-order valence-corrected chi connectivity index (χ3v) is 4.27. The molecule has 6 nitrogen and oxygen atoms in total. The van der Waals surface area contributed by atoms with E-state index in [1.54, 1.807) is 12.1 Å². The van der Waals surface area contributed by atoms with Crippen LogP contribution in [-0.2, 0) is 17.4 Å². The summed E-state index contributed by atoms with van der Waals surface area (Å²) < 4.78 is 38.6. The number of phenolic OH excluding ortho intramolecular Hbond substituents is 1. The Morgan fingerprint density at radius 2 is 1.93 bits per heavy atom. The predicted molar refractivity (Wildman–Crippen MR) is 97.0 cm³/mol. The lowest BCUT2D eigenvalue weighted by Gasteiger charge is -2.10. The van der Waals surface area contributed by atoms with E-state index in [9.17, 15) is 23.1 Å². The zero-order valence-corrected chi connectivity index (χ0v) is 14.6.